The van der Waals surface area contributed by atoms with E-state index in [1.807, 2.05) is 0 Å². The molecule has 0 N–H and O–H groups in total. The van der Waals surface area contributed by atoms with Gasteiger partial charge >= 0.3 is 6.18 Å². The quantitative estimate of drug-likeness (QED) is 0.676. The fourth-order valence-electron chi connectivity index (χ4n) is 2.57. The lowest BCUT2D eigenvalue weighted by atomic mass is 10.3. The number of benzene rings is 2. The molecular formula is C18H13F3NOP. The summed E-state index contributed by atoms with van der Waals surface area (Å²) in [4.78, 5) is 3.47. The zero-order valence-corrected chi connectivity index (χ0v) is 13.3. The van der Waals surface area contributed by atoms with E-state index in [4.69, 9.17) is 0 Å². The van der Waals surface area contributed by atoms with Gasteiger partial charge in [0.25, 0.3) is 0 Å². The second-order valence-electron chi connectivity index (χ2n) is 5.15. The number of halogens is 3. The van der Waals surface area contributed by atoms with Crippen LogP contribution in [0.2, 0.25) is 0 Å². The van der Waals surface area contributed by atoms with E-state index in [1.165, 1.54) is 12.1 Å². The molecule has 2 aromatic carbocycles. The average molecular weight is 347 g/mol. The van der Waals surface area contributed by atoms with E-state index in [9.17, 15) is 17.7 Å². The fourth-order valence-corrected chi connectivity index (χ4v) is 5.39. The molecule has 0 fully saturated rings. The minimum atomic E-state index is -4.68. The van der Waals surface area contributed by atoms with Crippen LogP contribution in [-0.4, -0.2) is 4.98 Å². The Morgan fingerprint density at radius 2 is 1.25 bits per heavy atom. The Hall–Kier alpha value is -2.39. The standard InChI is InChI=1S/C18H13F3NOP/c19-18(20,21)17-16(12-7-13-22-17)24(23,14-8-3-1-4-9-14)15-10-5-2-6-11-15/h1-13H. The molecule has 0 atom stereocenters. The minimum Gasteiger partial charge on any atom is -0.309 e. The smallest absolute Gasteiger partial charge is 0.309 e. The summed E-state index contributed by atoms with van der Waals surface area (Å²) in [6.45, 7) is 0. The van der Waals surface area contributed by atoms with Crippen molar-refractivity contribution >= 4 is 23.1 Å². The number of pyridine rings is 1. The first-order valence-corrected chi connectivity index (χ1v) is 8.89. The van der Waals surface area contributed by atoms with Gasteiger partial charge in [0.05, 0.1) is 5.30 Å². The van der Waals surface area contributed by atoms with Crippen molar-refractivity contribution in [1.82, 2.24) is 4.98 Å². The predicted molar refractivity (Wildman–Crippen MR) is 88.6 cm³/mol. The Kier molecular flexibility index (Phi) is 4.29. The van der Waals surface area contributed by atoms with Crippen LogP contribution in [0.25, 0.3) is 0 Å². The van der Waals surface area contributed by atoms with Crippen LogP contribution >= 0.6 is 7.14 Å². The molecule has 0 aliphatic carbocycles. The van der Waals surface area contributed by atoms with Crippen molar-refractivity contribution in [1.29, 1.82) is 0 Å². The summed E-state index contributed by atoms with van der Waals surface area (Å²) in [6, 6.07) is 19.1. The van der Waals surface area contributed by atoms with Gasteiger partial charge in [-0.15, -0.1) is 0 Å². The van der Waals surface area contributed by atoms with Gasteiger partial charge in [0.15, 0.2) is 12.8 Å². The van der Waals surface area contributed by atoms with E-state index in [0.29, 0.717) is 10.6 Å². The molecule has 122 valence electrons. The molecule has 3 rings (SSSR count). The summed E-state index contributed by atoms with van der Waals surface area (Å²) in [5, 5.41) is 0.388. The third kappa shape index (κ3) is 2.87. The number of aromatic nitrogens is 1. The Balaban J connectivity index is 2.36. The van der Waals surface area contributed by atoms with Crippen LogP contribution in [0.3, 0.4) is 0 Å². The lowest BCUT2D eigenvalue weighted by Crippen LogP contribution is -2.31. The molecule has 0 aliphatic rings. The Bertz CT molecular complexity index is 836. The van der Waals surface area contributed by atoms with Crippen LogP contribution in [0.5, 0.6) is 0 Å². The van der Waals surface area contributed by atoms with Crippen molar-refractivity contribution in [3.8, 4) is 0 Å². The van der Waals surface area contributed by atoms with Crippen LogP contribution in [-0.2, 0) is 10.7 Å². The maximum atomic E-state index is 13.9. The highest BCUT2D eigenvalue weighted by molar-refractivity contribution is 7.85. The fraction of sp³-hybridized carbons (Fsp3) is 0.0556. The van der Waals surface area contributed by atoms with E-state index in [2.05, 4.69) is 4.98 Å². The van der Waals surface area contributed by atoms with Crippen LogP contribution < -0.4 is 15.9 Å². The second-order valence-corrected chi connectivity index (χ2v) is 7.88. The van der Waals surface area contributed by atoms with Gasteiger partial charge in [-0.2, -0.15) is 13.2 Å². The van der Waals surface area contributed by atoms with Crippen LogP contribution in [0.15, 0.2) is 79.0 Å². The summed E-state index contributed by atoms with van der Waals surface area (Å²) < 4.78 is 54.2. The maximum absolute atomic E-state index is 13.9. The molecule has 3 aromatic rings. The van der Waals surface area contributed by atoms with Gasteiger partial charge in [-0.1, -0.05) is 60.7 Å². The minimum absolute atomic E-state index is 0.296. The number of hydrogen-bond acceptors (Lipinski definition) is 2. The molecule has 2 nitrogen and oxygen atoms in total. The van der Waals surface area contributed by atoms with Gasteiger partial charge in [-0.25, -0.2) is 0 Å². The van der Waals surface area contributed by atoms with Crippen molar-refractivity contribution in [2.45, 2.75) is 6.18 Å². The monoisotopic (exact) mass is 347 g/mol. The van der Waals surface area contributed by atoms with Gasteiger partial charge in [0.2, 0.25) is 0 Å². The molecule has 24 heavy (non-hydrogen) atoms. The molecule has 0 bridgehead atoms. The van der Waals surface area contributed by atoms with Crippen molar-refractivity contribution in [2.24, 2.45) is 0 Å². The molecule has 1 heterocycles. The van der Waals surface area contributed by atoms with Crippen LogP contribution in [0, 0.1) is 0 Å². The predicted octanol–water partition coefficient (Wildman–Crippen LogP) is 3.74. The molecule has 0 saturated carbocycles. The summed E-state index contributed by atoms with van der Waals surface area (Å²) in [5.41, 5.74) is -1.11. The molecule has 0 saturated heterocycles. The van der Waals surface area contributed by atoms with Gasteiger partial charge in [-0.3, -0.25) is 4.98 Å². The summed E-state index contributed by atoms with van der Waals surface area (Å²) >= 11 is 0. The van der Waals surface area contributed by atoms with Crippen molar-refractivity contribution in [2.75, 3.05) is 0 Å². The average Bonchev–Trinajstić information content (AvgIpc) is 2.62. The van der Waals surface area contributed by atoms with Gasteiger partial charge in [0, 0.05) is 16.8 Å². The summed E-state index contributed by atoms with van der Waals surface area (Å²) in [7, 11) is -3.69. The van der Waals surface area contributed by atoms with Crippen LogP contribution in [0.4, 0.5) is 13.2 Å². The van der Waals surface area contributed by atoms with Crippen molar-refractivity contribution < 1.29 is 17.7 Å². The zero-order chi connectivity index (χ0) is 17.2. The van der Waals surface area contributed by atoms with Crippen molar-refractivity contribution in [3.63, 3.8) is 0 Å². The first kappa shape index (κ1) is 16.5. The molecule has 0 aliphatic heterocycles. The first-order valence-electron chi connectivity index (χ1n) is 7.18. The molecular weight excluding hydrogens is 334 g/mol. The van der Waals surface area contributed by atoms with E-state index in [-0.39, 0.29) is 5.30 Å². The topological polar surface area (TPSA) is 30.0 Å². The Labute approximate surface area is 137 Å². The SMILES string of the molecule is O=P(c1ccccc1)(c1ccccc1)c1cccnc1C(F)(F)F. The number of alkyl halides is 3. The summed E-state index contributed by atoms with van der Waals surface area (Å²) in [5.74, 6) is 0. The van der Waals surface area contributed by atoms with E-state index in [0.717, 1.165) is 6.20 Å². The molecule has 1 aromatic heterocycles. The largest absolute Gasteiger partial charge is 0.434 e. The Morgan fingerprint density at radius 3 is 1.71 bits per heavy atom. The first-order chi connectivity index (χ1) is 11.4. The lowest BCUT2D eigenvalue weighted by Gasteiger charge is -2.22. The van der Waals surface area contributed by atoms with E-state index < -0.39 is 19.0 Å². The Morgan fingerprint density at radius 1 is 0.750 bits per heavy atom. The third-order valence-corrected chi connectivity index (χ3v) is 6.72. The highest BCUT2D eigenvalue weighted by Gasteiger charge is 2.42. The van der Waals surface area contributed by atoms with Gasteiger partial charge < -0.3 is 4.57 Å². The third-order valence-electron chi connectivity index (χ3n) is 3.63. The molecule has 6 heteroatoms. The molecule has 0 amide bonds. The zero-order valence-electron chi connectivity index (χ0n) is 12.4. The van der Waals surface area contributed by atoms with E-state index in [1.54, 1.807) is 60.7 Å². The second kappa shape index (κ2) is 6.25. The summed E-state index contributed by atoms with van der Waals surface area (Å²) in [6.07, 6.45) is -3.62. The number of nitrogens with zero attached hydrogens (tertiary/aromatic N) is 1. The lowest BCUT2D eigenvalue weighted by molar-refractivity contribution is -0.140. The maximum Gasteiger partial charge on any atom is 0.434 e. The van der Waals surface area contributed by atoms with Gasteiger partial charge in [-0.05, 0) is 12.1 Å². The molecule has 0 radical (unpaired) electrons. The normalized spacial score (nSPS) is 12.1. The van der Waals surface area contributed by atoms with Gasteiger partial charge in [0.1, 0.15) is 0 Å². The number of hydrogen-bond donors (Lipinski definition) is 0. The molecule has 0 unspecified atom stereocenters. The highest BCUT2D eigenvalue weighted by atomic mass is 31.2. The molecule has 0 spiro atoms. The van der Waals surface area contributed by atoms with E-state index >= 15 is 0 Å². The van der Waals surface area contributed by atoms with Crippen molar-refractivity contribution in [3.05, 3.63) is 84.7 Å². The van der Waals surface area contributed by atoms with Crippen LogP contribution in [0.1, 0.15) is 5.69 Å². The number of rotatable bonds is 3. The highest BCUT2D eigenvalue weighted by Crippen LogP contribution is 2.45.